The smallest absolute Gasteiger partial charge is 0.271 e. The Labute approximate surface area is 120 Å². The quantitative estimate of drug-likeness (QED) is 0.502. The van der Waals surface area contributed by atoms with Gasteiger partial charge in [0.1, 0.15) is 0 Å². The molecule has 0 saturated carbocycles. The molecule has 8 heteroatoms. The summed E-state index contributed by atoms with van der Waals surface area (Å²) in [4.78, 5) is 10.3. The van der Waals surface area contributed by atoms with E-state index < -0.39 is 4.92 Å². The molecule has 0 atom stereocenters. The van der Waals surface area contributed by atoms with Gasteiger partial charge >= 0.3 is 0 Å². The predicted octanol–water partition coefficient (Wildman–Crippen LogP) is 2.33. The minimum Gasteiger partial charge on any atom is -0.311 e. The number of nitrogens with one attached hydrogen (secondary N) is 1. The Kier molecular flexibility index (Phi) is 4.65. The number of benzene rings is 1. The van der Waals surface area contributed by atoms with Crippen LogP contribution in [-0.4, -0.2) is 26.5 Å². The number of nitrogens with zero attached hydrogens (tertiary/aromatic N) is 4. The van der Waals surface area contributed by atoms with Gasteiger partial charge in [0.05, 0.1) is 27.5 Å². The van der Waals surface area contributed by atoms with Crippen molar-refractivity contribution in [3.05, 3.63) is 45.2 Å². The van der Waals surface area contributed by atoms with E-state index in [-0.39, 0.29) is 5.69 Å². The molecule has 0 aliphatic heterocycles. The van der Waals surface area contributed by atoms with Crippen LogP contribution in [0.5, 0.6) is 0 Å². The Balaban J connectivity index is 2.23. The summed E-state index contributed by atoms with van der Waals surface area (Å²) in [5, 5.41) is 22.3. The van der Waals surface area contributed by atoms with Crippen LogP contribution in [0.25, 0.3) is 5.69 Å². The minimum atomic E-state index is -0.472. The van der Waals surface area contributed by atoms with E-state index in [1.165, 1.54) is 22.9 Å². The highest BCUT2D eigenvalue weighted by Gasteiger charge is 2.12. The lowest BCUT2D eigenvalue weighted by Gasteiger charge is -2.02. The fourth-order valence-electron chi connectivity index (χ4n) is 1.68. The molecule has 0 amide bonds. The molecule has 0 unspecified atom stereocenters. The number of hydrogen-bond acceptors (Lipinski definition) is 5. The molecule has 0 fully saturated rings. The fourth-order valence-corrected chi connectivity index (χ4v) is 1.88. The Morgan fingerprint density at radius 2 is 2.30 bits per heavy atom. The van der Waals surface area contributed by atoms with Crippen molar-refractivity contribution in [2.75, 3.05) is 6.54 Å². The van der Waals surface area contributed by atoms with E-state index in [0.29, 0.717) is 17.3 Å². The third-order valence-corrected chi connectivity index (χ3v) is 2.98. The van der Waals surface area contributed by atoms with Crippen LogP contribution in [0.3, 0.4) is 0 Å². The van der Waals surface area contributed by atoms with Gasteiger partial charge in [0, 0.05) is 18.7 Å². The van der Waals surface area contributed by atoms with Crippen molar-refractivity contribution in [3.8, 4) is 5.69 Å². The number of rotatable bonds is 6. The lowest BCUT2D eigenvalue weighted by atomic mass is 10.3. The minimum absolute atomic E-state index is 0.0365. The average molecular weight is 296 g/mol. The number of nitro benzene ring substituents is 1. The van der Waals surface area contributed by atoms with Crippen LogP contribution in [0.1, 0.15) is 19.0 Å². The molecule has 0 aliphatic carbocycles. The van der Waals surface area contributed by atoms with Crippen molar-refractivity contribution in [1.82, 2.24) is 20.3 Å². The van der Waals surface area contributed by atoms with Crippen LogP contribution >= 0.6 is 11.6 Å². The molecule has 7 nitrogen and oxygen atoms in total. The summed E-state index contributed by atoms with van der Waals surface area (Å²) in [5.41, 5.74) is 1.15. The second-order valence-electron chi connectivity index (χ2n) is 4.22. The molecular weight excluding hydrogens is 282 g/mol. The Morgan fingerprint density at radius 3 is 3.00 bits per heavy atom. The van der Waals surface area contributed by atoms with Gasteiger partial charge in [-0.25, -0.2) is 4.68 Å². The summed E-state index contributed by atoms with van der Waals surface area (Å²) in [6.07, 6.45) is 2.73. The molecular formula is C12H14ClN5O2. The Hall–Kier alpha value is -1.99. The van der Waals surface area contributed by atoms with Crippen LogP contribution in [0.4, 0.5) is 5.69 Å². The van der Waals surface area contributed by atoms with Crippen molar-refractivity contribution in [2.45, 2.75) is 19.9 Å². The molecule has 1 N–H and O–H groups in total. The summed E-state index contributed by atoms with van der Waals surface area (Å²) in [6, 6.07) is 4.21. The van der Waals surface area contributed by atoms with Crippen molar-refractivity contribution < 1.29 is 4.92 Å². The summed E-state index contributed by atoms with van der Waals surface area (Å²) in [7, 11) is 0. The molecule has 0 saturated heterocycles. The van der Waals surface area contributed by atoms with Crippen molar-refractivity contribution in [2.24, 2.45) is 0 Å². The predicted molar refractivity (Wildman–Crippen MR) is 75.0 cm³/mol. The molecule has 2 aromatic rings. The van der Waals surface area contributed by atoms with Crippen LogP contribution in [0.15, 0.2) is 24.4 Å². The SMILES string of the molecule is CCCNCc1cn(-c2cc([N+](=O)[O-])ccc2Cl)nn1. The zero-order valence-corrected chi connectivity index (χ0v) is 11.7. The zero-order valence-electron chi connectivity index (χ0n) is 10.9. The van der Waals surface area contributed by atoms with E-state index in [1.807, 2.05) is 0 Å². The molecule has 0 spiro atoms. The Bertz CT molecular complexity index is 614. The molecule has 0 radical (unpaired) electrons. The van der Waals surface area contributed by atoms with Gasteiger partial charge in [0.2, 0.25) is 0 Å². The van der Waals surface area contributed by atoms with Gasteiger partial charge in [-0.05, 0) is 19.0 Å². The third-order valence-electron chi connectivity index (χ3n) is 2.66. The second-order valence-corrected chi connectivity index (χ2v) is 4.63. The maximum Gasteiger partial charge on any atom is 0.271 e. The van der Waals surface area contributed by atoms with Crippen LogP contribution < -0.4 is 5.32 Å². The first-order valence-electron chi connectivity index (χ1n) is 6.18. The molecule has 2 rings (SSSR count). The fraction of sp³-hybridized carbons (Fsp3) is 0.333. The highest BCUT2D eigenvalue weighted by molar-refractivity contribution is 6.32. The summed E-state index contributed by atoms with van der Waals surface area (Å²) in [5.74, 6) is 0. The first-order chi connectivity index (χ1) is 9.61. The van der Waals surface area contributed by atoms with Gasteiger partial charge in [-0.1, -0.05) is 23.7 Å². The molecule has 1 aromatic carbocycles. The normalized spacial score (nSPS) is 10.7. The van der Waals surface area contributed by atoms with Gasteiger partial charge in [0.25, 0.3) is 5.69 Å². The van der Waals surface area contributed by atoms with Gasteiger partial charge in [0.15, 0.2) is 0 Å². The van der Waals surface area contributed by atoms with E-state index in [1.54, 1.807) is 6.20 Å². The van der Waals surface area contributed by atoms with Crippen molar-refractivity contribution in [3.63, 3.8) is 0 Å². The third kappa shape index (κ3) is 3.31. The average Bonchev–Trinajstić information content (AvgIpc) is 2.88. The maximum absolute atomic E-state index is 10.8. The number of aromatic nitrogens is 3. The van der Waals surface area contributed by atoms with Gasteiger partial charge in [-0.2, -0.15) is 0 Å². The zero-order chi connectivity index (χ0) is 14.5. The van der Waals surface area contributed by atoms with E-state index >= 15 is 0 Å². The van der Waals surface area contributed by atoms with Crippen LogP contribution in [-0.2, 0) is 6.54 Å². The largest absolute Gasteiger partial charge is 0.311 e. The number of halogens is 1. The Morgan fingerprint density at radius 1 is 1.50 bits per heavy atom. The van der Waals surface area contributed by atoms with Gasteiger partial charge in [-0.3, -0.25) is 10.1 Å². The van der Waals surface area contributed by atoms with E-state index in [4.69, 9.17) is 11.6 Å². The van der Waals surface area contributed by atoms with Crippen LogP contribution in [0, 0.1) is 10.1 Å². The first kappa shape index (κ1) is 14.4. The summed E-state index contributed by atoms with van der Waals surface area (Å²) in [6.45, 7) is 3.57. The second kappa shape index (κ2) is 6.44. The van der Waals surface area contributed by atoms with E-state index in [9.17, 15) is 10.1 Å². The number of nitro groups is 1. The van der Waals surface area contributed by atoms with Gasteiger partial charge < -0.3 is 5.32 Å². The maximum atomic E-state index is 10.8. The number of hydrogen-bond donors (Lipinski definition) is 1. The molecule has 0 aliphatic rings. The topological polar surface area (TPSA) is 85.9 Å². The lowest BCUT2D eigenvalue weighted by Crippen LogP contribution is -2.13. The lowest BCUT2D eigenvalue weighted by molar-refractivity contribution is -0.384. The number of non-ortho nitro benzene ring substituents is 1. The van der Waals surface area contributed by atoms with E-state index in [2.05, 4.69) is 22.6 Å². The molecule has 1 aromatic heterocycles. The monoisotopic (exact) mass is 295 g/mol. The van der Waals surface area contributed by atoms with Crippen molar-refractivity contribution >= 4 is 17.3 Å². The van der Waals surface area contributed by atoms with Crippen molar-refractivity contribution in [1.29, 1.82) is 0 Å². The molecule has 1 heterocycles. The molecule has 20 heavy (non-hydrogen) atoms. The summed E-state index contributed by atoms with van der Waals surface area (Å²) >= 11 is 6.04. The molecule has 0 bridgehead atoms. The highest BCUT2D eigenvalue weighted by Crippen LogP contribution is 2.24. The van der Waals surface area contributed by atoms with Gasteiger partial charge in [-0.15, -0.1) is 5.10 Å². The van der Waals surface area contributed by atoms with Crippen LogP contribution in [0.2, 0.25) is 5.02 Å². The standard InChI is InChI=1S/C12H14ClN5O2/c1-2-5-14-7-9-8-17(16-15-9)12-6-10(18(19)20)3-4-11(12)13/h3-4,6,8,14H,2,5,7H2,1H3. The van der Waals surface area contributed by atoms with E-state index in [0.717, 1.165) is 18.7 Å². The highest BCUT2D eigenvalue weighted by atomic mass is 35.5. The summed E-state index contributed by atoms with van der Waals surface area (Å²) < 4.78 is 1.44. The molecule has 106 valence electrons. The first-order valence-corrected chi connectivity index (χ1v) is 6.56.